The van der Waals surface area contributed by atoms with Gasteiger partial charge in [-0.05, 0) is 31.9 Å². The van der Waals surface area contributed by atoms with E-state index in [1.807, 2.05) is 23.9 Å². The third kappa shape index (κ3) is 3.65. The zero-order chi connectivity index (χ0) is 13.0. The highest BCUT2D eigenvalue weighted by Crippen LogP contribution is 2.28. The second-order valence-electron chi connectivity index (χ2n) is 5.16. The van der Waals surface area contributed by atoms with E-state index in [0.29, 0.717) is 11.3 Å². The van der Waals surface area contributed by atoms with Crippen LogP contribution in [-0.2, 0) is 0 Å². The highest BCUT2D eigenvalue weighted by atomic mass is 32.2. The summed E-state index contributed by atoms with van der Waals surface area (Å²) in [6.07, 6.45) is 10.2. The van der Waals surface area contributed by atoms with E-state index in [1.54, 1.807) is 0 Å². The number of urea groups is 1. The maximum absolute atomic E-state index is 11.8. The Labute approximate surface area is 113 Å². The standard InChI is InChI=1S/C13H22N2O2S/c1-18-12-5-4-11(7-12)15-13(17)14-10-3-2-9(6-10)8-16/h2-3,9-12,16H,4-8H2,1H3,(H2,14,15,17)/t9-,10+,11?,12?/m0/s1. The van der Waals surface area contributed by atoms with Gasteiger partial charge in [-0.1, -0.05) is 12.2 Å². The quantitative estimate of drug-likeness (QED) is 0.679. The molecular formula is C13H22N2O2S. The summed E-state index contributed by atoms with van der Waals surface area (Å²) in [4.78, 5) is 11.8. The maximum atomic E-state index is 11.8. The van der Waals surface area contributed by atoms with E-state index < -0.39 is 0 Å². The van der Waals surface area contributed by atoms with Crippen molar-refractivity contribution in [2.24, 2.45) is 5.92 Å². The molecule has 2 aliphatic rings. The number of carbonyl (C=O) groups excluding carboxylic acids is 1. The van der Waals surface area contributed by atoms with Crippen molar-refractivity contribution in [1.82, 2.24) is 10.6 Å². The van der Waals surface area contributed by atoms with E-state index in [0.717, 1.165) is 19.3 Å². The number of hydrogen-bond donors (Lipinski definition) is 3. The predicted octanol–water partition coefficient (Wildman–Crippen LogP) is 1.51. The molecule has 0 saturated heterocycles. The summed E-state index contributed by atoms with van der Waals surface area (Å²) in [5, 5.41) is 15.7. The first-order valence-corrected chi connectivity index (χ1v) is 7.89. The van der Waals surface area contributed by atoms with Crippen molar-refractivity contribution >= 4 is 17.8 Å². The Balaban J connectivity index is 1.68. The van der Waals surface area contributed by atoms with Gasteiger partial charge in [0.05, 0.1) is 0 Å². The third-order valence-corrected chi connectivity index (χ3v) is 4.87. The van der Waals surface area contributed by atoms with Crippen LogP contribution in [0, 0.1) is 5.92 Å². The average Bonchev–Trinajstić information content (AvgIpc) is 2.98. The molecule has 3 N–H and O–H groups in total. The van der Waals surface area contributed by atoms with Gasteiger partial charge in [0.1, 0.15) is 0 Å². The fourth-order valence-corrected chi connectivity index (χ4v) is 3.49. The zero-order valence-electron chi connectivity index (χ0n) is 10.8. The molecule has 5 heteroatoms. The molecule has 2 amide bonds. The van der Waals surface area contributed by atoms with Crippen LogP contribution < -0.4 is 10.6 Å². The lowest BCUT2D eigenvalue weighted by Crippen LogP contribution is -2.44. The molecule has 0 aromatic rings. The Morgan fingerprint density at radius 3 is 2.78 bits per heavy atom. The normalized spacial score (nSPS) is 34.8. The number of hydrogen-bond acceptors (Lipinski definition) is 3. The minimum atomic E-state index is -0.0741. The zero-order valence-corrected chi connectivity index (χ0v) is 11.6. The van der Waals surface area contributed by atoms with Crippen LogP contribution in [0.15, 0.2) is 12.2 Å². The maximum Gasteiger partial charge on any atom is 0.315 e. The second-order valence-corrected chi connectivity index (χ2v) is 6.29. The van der Waals surface area contributed by atoms with Crippen molar-refractivity contribution in [2.45, 2.75) is 43.0 Å². The van der Waals surface area contributed by atoms with Gasteiger partial charge < -0.3 is 15.7 Å². The number of thioether (sulfide) groups is 1. The lowest BCUT2D eigenvalue weighted by molar-refractivity contribution is 0.228. The predicted molar refractivity (Wildman–Crippen MR) is 74.7 cm³/mol. The molecule has 0 aliphatic heterocycles. The summed E-state index contributed by atoms with van der Waals surface area (Å²) in [5.41, 5.74) is 0. The topological polar surface area (TPSA) is 61.4 Å². The second kappa shape index (κ2) is 6.48. The molecule has 4 atom stereocenters. The number of nitrogens with one attached hydrogen (secondary N) is 2. The first-order chi connectivity index (χ1) is 8.71. The Hall–Kier alpha value is -0.680. The molecule has 1 saturated carbocycles. The highest BCUT2D eigenvalue weighted by Gasteiger charge is 2.26. The number of aliphatic hydroxyl groups is 1. The molecule has 0 radical (unpaired) electrons. The van der Waals surface area contributed by atoms with E-state index in [-0.39, 0.29) is 24.6 Å². The summed E-state index contributed by atoms with van der Waals surface area (Å²) in [7, 11) is 0. The largest absolute Gasteiger partial charge is 0.396 e. The molecule has 2 unspecified atom stereocenters. The summed E-state index contributed by atoms with van der Waals surface area (Å²) in [6.45, 7) is 0.161. The SMILES string of the molecule is CSC1CCC(NC(=O)N[C@@H]2C=C[C@H](CO)C2)C1. The van der Waals surface area contributed by atoms with Crippen LogP contribution in [0.1, 0.15) is 25.7 Å². The van der Waals surface area contributed by atoms with Crippen molar-refractivity contribution in [3.8, 4) is 0 Å². The molecule has 4 nitrogen and oxygen atoms in total. The van der Waals surface area contributed by atoms with Gasteiger partial charge in [0, 0.05) is 29.9 Å². The van der Waals surface area contributed by atoms with E-state index in [1.165, 1.54) is 6.42 Å². The first-order valence-electron chi connectivity index (χ1n) is 6.60. The van der Waals surface area contributed by atoms with Crippen molar-refractivity contribution in [3.63, 3.8) is 0 Å². The molecule has 0 bridgehead atoms. The Bertz CT molecular complexity index is 322. The van der Waals surface area contributed by atoms with Crippen molar-refractivity contribution < 1.29 is 9.90 Å². The van der Waals surface area contributed by atoms with E-state index in [9.17, 15) is 4.79 Å². The van der Waals surface area contributed by atoms with E-state index >= 15 is 0 Å². The van der Waals surface area contributed by atoms with Gasteiger partial charge in [0.25, 0.3) is 0 Å². The molecule has 0 spiro atoms. The molecule has 0 aromatic carbocycles. The summed E-state index contributed by atoms with van der Waals surface area (Å²) < 4.78 is 0. The van der Waals surface area contributed by atoms with Crippen molar-refractivity contribution in [1.29, 1.82) is 0 Å². The van der Waals surface area contributed by atoms with Crippen LogP contribution in [0.25, 0.3) is 0 Å². The number of carbonyl (C=O) groups is 1. The number of rotatable bonds is 4. The fourth-order valence-electron chi connectivity index (χ4n) is 2.70. The van der Waals surface area contributed by atoms with Gasteiger partial charge >= 0.3 is 6.03 Å². The van der Waals surface area contributed by atoms with Crippen molar-refractivity contribution in [2.75, 3.05) is 12.9 Å². The molecule has 2 aliphatic carbocycles. The molecule has 102 valence electrons. The van der Waals surface area contributed by atoms with Gasteiger partial charge in [-0.3, -0.25) is 0 Å². The number of aliphatic hydroxyl groups excluding tert-OH is 1. The average molecular weight is 270 g/mol. The summed E-state index contributed by atoms with van der Waals surface area (Å²) >= 11 is 1.89. The summed E-state index contributed by atoms with van der Waals surface area (Å²) in [6, 6.07) is 0.316. The molecule has 18 heavy (non-hydrogen) atoms. The van der Waals surface area contributed by atoms with E-state index in [2.05, 4.69) is 16.9 Å². The van der Waals surface area contributed by atoms with Crippen LogP contribution in [0.3, 0.4) is 0 Å². The Morgan fingerprint density at radius 2 is 2.17 bits per heavy atom. The minimum Gasteiger partial charge on any atom is -0.396 e. The fraction of sp³-hybridized carbons (Fsp3) is 0.769. The van der Waals surface area contributed by atoms with Crippen LogP contribution in [0.4, 0.5) is 4.79 Å². The van der Waals surface area contributed by atoms with Crippen LogP contribution in [0.2, 0.25) is 0 Å². The monoisotopic (exact) mass is 270 g/mol. The molecule has 2 rings (SSSR count). The van der Waals surface area contributed by atoms with Crippen LogP contribution in [-0.4, -0.2) is 41.3 Å². The summed E-state index contributed by atoms with van der Waals surface area (Å²) in [5.74, 6) is 0.197. The van der Waals surface area contributed by atoms with Gasteiger partial charge in [0.2, 0.25) is 0 Å². The van der Waals surface area contributed by atoms with Crippen LogP contribution in [0.5, 0.6) is 0 Å². The molecule has 0 heterocycles. The highest BCUT2D eigenvalue weighted by molar-refractivity contribution is 7.99. The minimum absolute atomic E-state index is 0.0694. The third-order valence-electron chi connectivity index (χ3n) is 3.78. The molecule has 0 aromatic heterocycles. The van der Waals surface area contributed by atoms with Crippen LogP contribution >= 0.6 is 11.8 Å². The van der Waals surface area contributed by atoms with Gasteiger partial charge in [0.15, 0.2) is 0 Å². The van der Waals surface area contributed by atoms with E-state index in [4.69, 9.17) is 5.11 Å². The Kier molecular flexibility index (Phi) is 4.95. The Morgan fingerprint density at radius 1 is 1.33 bits per heavy atom. The van der Waals surface area contributed by atoms with Gasteiger partial charge in [-0.15, -0.1) is 0 Å². The van der Waals surface area contributed by atoms with Gasteiger partial charge in [-0.25, -0.2) is 4.79 Å². The van der Waals surface area contributed by atoms with Crippen molar-refractivity contribution in [3.05, 3.63) is 12.2 Å². The first kappa shape index (κ1) is 13.7. The lowest BCUT2D eigenvalue weighted by Gasteiger charge is -2.17. The van der Waals surface area contributed by atoms with Gasteiger partial charge in [-0.2, -0.15) is 11.8 Å². The number of amides is 2. The smallest absolute Gasteiger partial charge is 0.315 e. The molecular weight excluding hydrogens is 248 g/mol. The lowest BCUT2D eigenvalue weighted by atomic mass is 10.1. The molecule has 1 fully saturated rings.